The molecule has 0 fully saturated rings. The standard InChI is InChI=1S/C21H19ClN4O/c1-13-11-19(24-17-7-9-18(27-3)10-8-17)26-21(23-13)14(2)20(25-26)15-5-4-6-16(22)12-15/h4-12,24H,1-3H3. The molecule has 4 rings (SSSR count). The third-order valence-corrected chi connectivity index (χ3v) is 4.64. The average Bonchev–Trinajstić information content (AvgIpc) is 2.99. The second-order valence-corrected chi connectivity index (χ2v) is 6.79. The molecule has 27 heavy (non-hydrogen) atoms. The molecule has 0 aliphatic carbocycles. The highest BCUT2D eigenvalue weighted by molar-refractivity contribution is 6.30. The van der Waals surface area contributed by atoms with E-state index in [4.69, 9.17) is 21.4 Å². The van der Waals surface area contributed by atoms with Gasteiger partial charge in [-0.1, -0.05) is 23.7 Å². The van der Waals surface area contributed by atoms with Crippen LogP contribution in [0.4, 0.5) is 11.5 Å². The van der Waals surface area contributed by atoms with E-state index in [0.29, 0.717) is 5.02 Å². The number of rotatable bonds is 4. The Kier molecular flexibility index (Phi) is 4.46. The van der Waals surface area contributed by atoms with E-state index in [9.17, 15) is 0 Å². The van der Waals surface area contributed by atoms with Gasteiger partial charge in [0.05, 0.1) is 12.8 Å². The molecule has 0 radical (unpaired) electrons. The maximum atomic E-state index is 6.16. The van der Waals surface area contributed by atoms with Crippen LogP contribution >= 0.6 is 11.6 Å². The fraction of sp³-hybridized carbons (Fsp3) is 0.143. The van der Waals surface area contributed by atoms with Crippen LogP contribution in [0.1, 0.15) is 11.3 Å². The lowest BCUT2D eigenvalue weighted by Crippen LogP contribution is -2.02. The Labute approximate surface area is 162 Å². The van der Waals surface area contributed by atoms with Crippen LogP contribution in [0.15, 0.2) is 54.6 Å². The fourth-order valence-corrected chi connectivity index (χ4v) is 3.26. The van der Waals surface area contributed by atoms with Gasteiger partial charge in [-0.25, -0.2) is 4.98 Å². The van der Waals surface area contributed by atoms with E-state index in [0.717, 1.165) is 45.4 Å². The molecular formula is C21H19ClN4O. The van der Waals surface area contributed by atoms with Crippen LogP contribution in [-0.4, -0.2) is 21.7 Å². The summed E-state index contributed by atoms with van der Waals surface area (Å²) in [6.45, 7) is 4.01. The van der Waals surface area contributed by atoms with Crippen LogP contribution in [0.3, 0.4) is 0 Å². The first-order valence-electron chi connectivity index (χ1n) is 8.59. The van der Waals surface area contributed by atoms with E-state index < -0.39 is 0 Å². The molecule has 0 amide bonds. The second-order valence-electron chi connectivity index (χ2n) is 6.36. The van der Waals surface area contributed by atoms with Gasteiger partial charge in [-0.2, -0.15) is 9.61 Å². The largest absolute Gasteiger partial charge is 0.497 e. The van der Waals surface area contributed by atoms with E-state index in [1.807, 2.05) is 73.0 Å². The number of fused-ring (bicyclic) bond motifs is 1. The maximum Gasteiger partial charge on any atom is 0.161 e. The predicted octanol–water partition coefficient (Wildman–Crippen LogP) is 5.42. The van der Waals surface area contributed by atoms with Crippen LogP contribution in [0.2, 0.25) is 5.02 Å². The number of hydrogen-bond donors (Lipinski definition) is 1. The summed E-state index contributed by atoms with van der Waals surface area (Å²) in [5.41, 5.74) is 5.53. The number of aromatic nitrogens is 3. The minimum absolute atomic E-state index is 0.685. The number of methoxy groups -OCH3 is 1. The Morgan fingerprint density at radius 1 is 1.04 bits per heavy atom. The lowest BCUT2D eigenvalue weighted by Gasteiger charge is -2.10. The molecule has 2 aromatic carbocycles. The van der Waals surface area contributed by atoms with Crippen molar-refractivity contribution in [3.8, 4) is 17.0 Å². The molecule has 1 N–H and O–H groups in total. The van der Waals surface area contributed by atoms with Crippen molar-refractivity contribution in [3.05, 3.63) is 70.9 Å². The normalized spacial score (nSPS) is 11.0. The first kappa shape index (κ1) is 17.4. The summed E-state index contributed by atoms with van der Waals surface area (Å²) in [5.74, 6) is 1.66. The number of halogens is 1. The Morgan fingerprint density at radius 2 is 1.81 bits per heavy atom. The SMILES string of the molecule is COc1ccc(Nc2cc(C)nc3c(C)c(-c4cccc(Cl)c4)nn23)cc1. The van der Waals surface area contributed by atoms with Crippen LogP contribution in [-0.2, 0) is 0 Å². The van der Waals surface area contributed by atoms with E-state index in [1.165, 1.54) is 0 Å². The number of ether oxygens (including phenoxy) is 1. The minimum atomic E-state index is 0.685. The van der Waals surface area contributed by atoms with Gasteiger partial charge in [-0.3, -0.25) is 0 Å². The van der Waals surface area contributed by atoms with Crippen LogP contribution in [0.25, 0.3) is 16.9 Å². The van der Waals surface area contributed by atoms with Crippen molar-refractivity contribution in [2.24, 2.45) is 0 Å². The van der Waals surface area contributed by atoms with Crippen molar-refractivity contribution >= 4 is 28.8 Å². The number of nitrogens with zero attached hydrogens (tertiary/aromatic N) is 3. The Morgan fingerprint density at radius 3 is 2.52 bits per heavy atom. The molecule has 5 nitrogen and oxygen atoms in total. The summed E-state index contributed by atoms with van der Waals surface area (Å²) in [7, 11) is 1.65. The lowest BCUT2D eigenvalue weighted by molar-refractivity contribution is 0.415. The van der Waals surface area contributed by atoms with Crippen molar-refractivity contribution in [2.75, 3.05) is 12.4 Å². The van der Waals surface area contributed by atoms with Crippen molar-refractivity contribution in [2.45, 2.75) is 13.8 Å². The number of hydrogen-bond acceptors (Lipinski definition) is 4. The lowest BCUT2D eigenvalue weighted by atomic mass is 10.1. The Balaban J connectivity index is 1.82. The molecule has 0 bridgehead atoms. The second kappa shape index (κ2) is 6.93. The summed E-state index contributed by atoms with van der Waals surface area (Å²) >= 11 is 6.16. The van der Waals surface area contributed by atoms with Gasteiger partial charge in [-0.15, -0.1) is 0 Å². The zero-order valence-electron chi connectivity index (χ0n) is 15.3. The zero-order chi connectivity index (χ0) is 19.0. The maximum absolute atomic E-state index is 6.16. The van der Waals surface area contributed by atoms with Crippen LogP contribution in [0.5, 0.6) is 5.75 Å². The first-order chi connectivity index (χ1) is 13.0. The van der Waals surface area contributed by atoms with E-state index in [1.54, 1.807) is 7.11 Å². The summed E-state index contributed by atoms with van der Waals surface area (Å²) in [6.07, 6.45) is 0. The molecule has 4 aromatic rings. The highest BCUT2D eigenvalue weighted by Gasteiger charge is 2.15. The van der Waals surface area contributed by atoms with Crippen molar-refractivity contribution in [3.63, 3.8) is 0 Å². The molecular weight excluding hydrogens is 360 g/mol. The monoisotopic (exact) mass is 378 g/mol. The fourth-order valence-electron chi connectivity index (χ4n) is 3.07. The molecule has 2 aromatic heterocycles. The van der Waals surface area contributed by atoms with Crippen LogP contribution in [0, 0.1) is 13.8 Å². The molecule has 0 aliphatic rings. The number of nitrogens with one attached hydrogen (secondary N) is 1. The molecule has 0 aliphatic heterocycles. The molecule has 136 valence electrons. The Hall–Kier alpha value is -3.05. The van der Waals surface area contributed by atoms with Gasteiger partial charge >= 0.3 is 0 Å². The summed E-state index contributed by atoms with van der Waals surface area (Å²) in [5, 5.41) is 8.91. The molecule has 0 unspecified atom stereocenters. The number of aryl methyl sites for hydroxylation is 2. The highest BCUT2D eigenvalue weighted by Crippen LogP contribution is 2.29. The zero-order valence-corrected chi connectivity index (χ0v) is 16.1. The third-order valence-electron chi connectivity index (χ3n) is 4.41. The van der Waals surface area contributed by atoms with Gasteiger partial charge in [0, 0.05) is 33.6 Å². The van der Waals surface area contributed by atoms with Gasteiger partial charge in [0.1, 0.15) is 11.6 Å². The Bertz CT molecular complexity index is 1120. The number of anilines is 2. The predicted molar refractivity (Wildman–Crippen MR) is 109 cm³/mol. The smallest absolute Gasteiger partial charge is 0.161 e. The first-order valence-corrected chi connectivity index (χ1v) is 8.97. The van der Waals surface area contributed by atoms with Gasteiger partial charge in [0.15, 0.2) is 5.65 Å². The molecule has 0 spiro atoms. The van der Waals surface area contributed by atoms with E-state index >= 15 is 0 Å². The minimum Gasteiger partial charge on any atom is -0.497 e. The van der Waals surface area contributed by atoms with Crippen molar-refractivity contribution in [1.29, 1.82) is 0 Å². The summed E-state index contributed by atoms with van der Waals surface area (Å²) in [6, 6.07) is 17.4. The van der Waals surface area contributed by atoms with Gasteiger partial charge < -0.3 is 10.1 Å². The average molecular weight is 379 g/mol. The molecule has 0 atom stereocenters. The summed E-state index contributed by atoms with van der Waals surface area (Å²) < 4.78 is 7.06. The van der Waals surface area contributed by atoms with E-state index in [-0.39, 0.29) is 0 Å². The highest BCUT2D eigenvalue weighted by atomic mass is 35.5. The number of benzene rings is 2. The van der Waals surface area contributed by atoms with Gasteiger partial charge in [-0.05, 0) is 50.2 Å². The van der Waals surface area contributed by atoms with E-state index in [2.05, 4.69) is 10.3 Å². The van der Waals surface area contributed by atoms with Gasteiger partial charge in [0.2, 0.25) is 0 Å². The molecule has 0 saturated heterocycles. The van der Waals surface area contributed by atoms with Crippen molar-refractivity contribution < 1.29 is 4.74 Å². The van der Waals surface area contributed by atoms with Crippen molar-refractivity contribution in [1.82, 2.24) is 14.6 Å². The topological polar surface area (TPSA) is 51.5 Å². The van der Waals surface area contributed by atoms with Crippen LogP contribution < -0.4 is 10.1 Å². The molecule has 2 heterocycles. The van der Waals surface area contributed by atoms with Gasteiger partial charge in [0.25, 0.3) is 0 Å². The molecule has 0 saturated carbocycles. The summed E-state index contributed by atoms with van der Waals surface area (Å²) in [4.78, 5) is 4.68. The molecule has 6 heteroatoms. The third kappa shape index (κ3) is 3.34. The quantitative estimate of drug-likeness (QED) is 0.515.